The molecule has 2 aromatic carbocycles. The predicted octanol–water partition coefficient (Wildman–Crippen LogP) is 0.893. The minimum atomic E-state index is -1.15. The fourth-order valence-electron chi connectivity index (χ4n) is 2.15. The van der Waals surface area contributed by atoms with Gasteiger partial charge in [-0.2, -0.15) is 0 Å². The van der Waals surface area contributed by atoms with Crippen LogP contribution in [0.1, 0.15) is 5.56 Å². The second-order valence-corrected chi connectivity index (χ2v) is 3.89. The number of carbonyl (C=O) groups is 1. The highest BCUT2D eigenvalue weighted by Gasteiger charge is 2.25. The molecule has 3 heteroatoms. The molecule has 0 aliphatic carbocycles. The molecule has 0 radical (unpaired) electrons. The maximum atomic E-state index is 10.8. The molecule has 3 rings (SSSR count). The number of carbonyl (C=O) groups excluding carboxylic acids is 1. The Kier molecular flexibility index (Phi) is 1.86. The van der Waals surface area contributed by atoms with Gasteiger partial charge in [-0.25, -0.2) is 0 Å². The molecule has 0 bridgehead atoms. The van der Waals surface area contributed by atoms with Crippen molar-refractivity contribution in [3.05, 3.63) is 42.0 Å². The van der Waals surface area contributed by atoms with Gasteiger partial charge in [-0.3, -0.25) is 0 Å². The minimum absolute atomic E-state index is 0.388. The minimum Gasteiger partial charge on any atom is -0.546 e. The molecule has 0 aromatic heterocycles. The van der Waals surface area contributed by atoms with Crippen molar-refractivity contribution in [1.29, 1.82) is 0 Å². The van der Waals surface area contributed by atoms with Gasteiger partial charge in [0.2, 0.25) is 0 Å². The first-order valence-corrected chi connectivity index (χ1v) is 5.14. The summed E-state index contributed by atoms with van der Waals surface area (Å²) >= 11 is 0. The van der Waals surface area contributed by atoms with Crippen molar-refractivity contribution in [1.82, 2.24) is 0 Å². The second kappa shape index (κ2) is 3.23. The highest BCUT2D eigenvalue weighted by molar-refractivity contribution is 5.89. The van der Waals surface area contributed by atoms with Gasteiger partial charge in [-0.15, -0.1) is 0 Å². The quantitative estimate of drug-likeness (QED) is 0.707. The van der Waals surface area contributed by atoms with E-state index in [1.165, 1.54) is 0 Å². The van der Waals surface area contributed by atoms with Crippen molar-refractivity contribution in [3.8, 4) is 5.75 Å². The summed E-state index contributed by atoms with van der Waals surface area (Å²) in [7, 11) is 0. The lowest BCUT2D eigenvalue weighted by molar-refractivity contribution is -0.312. The van der Waals surface area contributed by atoms with E-state index in [0.29, 0.717) is 12.2 Å². The Labute approximate surface area is 92.3 Å². The van der Waals surface area contributed by atoms with Crippen molar-refractivity contribution in [3.63, 3.8) is 0 Å². The zero-order chi connectivity index (χ0) is 11.1. The van der Waals surface area contributed by atoms with Gasteiger partial charge < -0.3 is 14.6 Å². The van der Waals surface area contributed by atoms with Crippen LogP contribution in [0.3, 0.4) is 0 Å². The van der Waals surface area contributed by atoms with Crippen LogP contribution in [0.4, 0.5) is 0 Å². The highest BCUT2D eigenvalue weighted by Crippen LogP contribution is 2.34. The van der Waals surface area contributed by atoms with E-state index in [1.807, 2.05) is 36.4 Å². The van der Waals surface area contributed by atoms with E-state index in [4.69, 9.17) is 4.74 Å². The Morgan fingerprint density at radius 1 is 1.25 bits per heavy atom. The van der Waals surface area contributed by atoms with Gasteiger partial charge >= 0.3 is 0 Å². The lowest BCUT2D eigenvalue weighted by Gasteiger charge is -2.10. The van der Waals surface area contributed by atoms with Crippen LogP contribution in [0.15, 0.2) is 36.4 Å². The number of ether oxygens (including phenoxy) is 1. The van der Waals surface area contributed by atoms with Crippen LogP contribution in [0.5, 0.6) is 5.75 Å². The predicted molar refractivity (Wildman–Crippen MR) is 57.1 cm³/mol. The van der Waals surface area contributed by atoms with E-state index >= 15 is 0 Å². The fourth-order valence-corrected chi connectivity index (χ4v) is 2.15. The molecule has 2 aromatic rings. The average molecular weight is 213 g/mol. The van der Waals surface area contributed by atoms with Crippen LogP contribution >= 0.6 is 0 Å². The first-order valence-electron chi connectivity index (χ1n) is 5.14. The monoisotopic (exact) mass is 213 g/mol. The number of aliphatic carboxylic acids is 1. The molecule has 0 saturated carbocycles. The molecule has 1 aliphatic heterocycles. The summed E-state index contributed by atoms with van der Waals surface area (Å²) in [6.07, 6.45) is -0.459. The molecular formula is C13H9O3-. The van der Waals surface area contributed by atoms with Gasteiger partial charge in [0.1, 0.15) is 11.9 Å². The summed E-state index contributed by atoms with van der Waals surface area (Å²) in [5.41, 5.74) is 0.965. The van der Waals surface area contributed by atoms with Gasteiger partial charge in [0.05, 0.1) is 5.97 Å². The van der Waals surface area contributed by atoms with Gasteiger partial charge in [0.25, 0.3) is 0 Å². The lowest BCUT2D eigenvalue weighted by atomic mass is 10.0. The maximum absolute atomic E-state index is 10.8. The first kappa shape index (κ1) is 9.21. The molecule has 0 unspecified atom stereocenters. The topological polar surface area (TPSA) is 49.4 Å². The van der Waals surface area contributed by atoms with Gasteiger partial charge in [-0.05, 0) is 16.8 Å². The van der Waals surface area contributed by atoms with Crippen molar-refractivity contribution < 1.29 is 14.6 Å². The molecule has 0 spiro atoms. The maximum Gasteiger partial charge on any atom is 0.142 e. The van der Waals surface area contributed by atoms with E-state index < -0.39 is 12.1 Å². The Hall–Kier alpha value is -2.03. The molecule has 1 heterocycles. The Morgan fingerprint density at radius 2 is 2.06 bits per heavy atom. The Balaban J connectivity index is 2.17. The molecule has 0 fully saturated rings. The lowest BCUT2D eigenvalue weighted by Crippen LogP contribution is -2.38. The summed E-state index contributed by atoms with van der Waals surface area (Å²) in [5, 5.41) is 12.9. The molecule has 80 valence electrons. The highest BCUT2D eigenvalue weighted by atomic mass is 16.5. The molecule has 1 aliphatic rings. The summed E-state index contributed by atoms with van der Waals surface area (Å²) in [5.74, 6) is -0.492. The van der Waals surface area contributed by atoms with Crippen molar-refractivity contribution in [2.45, 2.75) is 12.5 Å². The summed E-state index contributed by atoms with van der Waals surface area (Å²) in [6.45, 7) is 0. The van der Waals surface area contributed by atoms with Crippen LogP contribution in [-0.2, 0) is 11.2 Å². The van der Waals surface area contributed by atoms with E-state index in [0.717, 1.165) is 16.3 Å². The first-order chi connectivity index (χ1) is 7.75. The molecule has 1 atom stereocenters. The zero-order valence-electron chi connectivity index (χ0n) is 8.47. The number of rotatable bonds is 1. The summed E-state index contributed by atoms with van der Waals surface area (Å²) in [4.78, 5) is 10.8. The third-order valence-corrected chi connectivity index (χ3v) is 2.92. The van der Waals surface area contributed by atoms with E-state index in [9.17, 15) is 9.90 Å². The van der Waals surface area contributed by atoms with Crippen LogP contribution in [0, 0.1) is 0 Å². The van der Waals surface area contributed by atoms with Crippen LogP contribution in [0.2, 0.25) is 0 Å². The zero-order valence-corrected chi connectivity index (χ0v) is 8.47. The average Bonchev–Trinajstić information content (AvgIpc) is 2.73. The molecule has 0 N–H and O–H groups in total. The third-order valence-electron chi connectivity index (χ3n) is 2.92. The van der Waals surface area contributed by atoms with Gasteiger partial charge in [0.15, 0.2) is 0 Å². The normalized spacial score (nSPS) is 18.1. The Bertz CT molecular complexity index is 574. The van der Waals surface area contributed by atoms with E-state index in [-0.39, 0.29) is 0 Å². The van der Waals surface area contributed by atoms with Gasteiger partial charge in [0, 0.05) is 12.0 Å². The molecule has 16 heavy (non-hydrogen) atoms. The number of hydrogen-bond acceptors (Lipinski definition) is 3. The second-order valence-electron chi connectivity index (χ2n) is 3.89. The number of fused-ring (bicyclic) bond motifs is 3. The van der Waals surface area contributed by atoms with Crippen LogP contribution in [-0.4, -0.2) is 12.1 Å². The van der Waals surface area contributed by atoms with Crippen LogP contribution in [0.25, 0.3) is 10.8 Å². The van der Waals surface area contributed by atoms with Crippen molar-refractivity contribution >= 4 is 16.7 Å². The summed E-state index contributed by atoms with van der Waals surface area (Å²) in [6, 6.07) is 11.6. The number of carboxylic acids is 1. The smallest absolute Gasteiger partial charge is 0.142 e. The van der Waals surface area contributed by atoms with Crippen molar-refractivity contribution in [2.75, 3.05) is 0 Å². The van der Waals surface area contributed by atoms with E-state index in [2.05, 4.69) is 0 Å². The standard InChI is InChI=1S/C13H10O3/c14-13(15)12-7-10-9-4-2-1-3-8(9)5-6-11(10)16-12/h1-6,12H,7H2,(H,14,15)/p-1/t12-/m1/s1. The van der Waals surface area contributed by atoms with Crippen LogP contribution < -0.4 is 9.84 Å². The molecule has 0 saturated heterocycles. The van der Waals surface area contributed by atoms with Gasteiger partial charge in [-0.1, -0.05) is 30.3 Å². The Morgan fingerprint density at radius 3 is 2.88 bits per heavy atom. The molecule has 0 amide bonds. The number of hydrogen-bond donors (Lipinski definition) is 0. The molecular weight excluding hydrogens is 204 g/mol. The van der Waals surface area contributed by atoms with E-state index in [1.54, 1.807) is 0 Å². The summed E-state index contributed by atoms with van der Waals surface area (Å²) < 4.78 is 5.31. The SMILES string of the molecule is O=C([O-])[C@H]1Cc2c(ccc3ccccc23)O1. The molecule has 3 nitrogen and oxygen atoms in total. The number of carboxylic acid groups (broad SMARTS) is 1. The van der Waals surface area contributed by atoms with Crippen molar-refractivity contribution in [2.24, 2.45) is 0 Å². The fraction of sp³-hybridized carbons (Fsp3) is 0.154. The third kappa shape index (κ3) is 1.25. The largest absolute Gasteiger partial charge is 0.546 e. The number of benzene rings is 2.